The summed E-state index contributed by atoms with van der Waals surface area (Å²) < 4.78 is 0. The van der Waals surface area contributed by atoms with Crippen molar-refractivity contribution in [2.75, 3.05) is 59.0 Å². The van der Waals surface area contributed by atoms with Crippen molar-refractivity contribution < 1.29 is 10.2 Å². The van der Waals surface area contributed by atoms with Gasteiger partial charge in [-0.1, -0.05) is 0 Å². The van der Waals surface area contributed by atoms with E-state index < -0.39 is 0 Å². The highest BCUT2D eigenvalue weighted by Gasteiger charge is 2.22. The van der Waals surface area contributed by atoms with Crippen LogP contribution < -0.4 is 5.32 Å². The molecule has 0 spiro atoms. The second kappa shape index (κ2) is 8.17. The summed E-state index contributed by atoms with van der Waals surface area (Å²) in [7, 11) is 0. The molecule has 0 amide bonds. The number of piperidine rings is 1. The van der Waals surface area contributed by atoms with Crippen LogP contribution in [0.5, 0.6) is 0 Å². The van der Waals surface area contributed by atoms with Crippen molar-refractivity contribution in [1.82, 2.24) is 15.1 Å². The summed E-state index contributed by atoms with van der Waals surface area (Å²) in [6, 6.07) is 0. The van der Waals surface area contributed by atoms with Crippen LogP contribution in [0.15, 0.2) is 0 Å². The first kappa shape index (κ1) is 15.2. The molecule has 2 saturated heterocycles. The molecule has 0 saturated carbocycles. The molecule has 0 radical (unpaired) electrons. The predicted molar refractivity (Wildman–Crippen MR) is 76.2 cm³/mol. The normalized spacial score (nSPS) is 28.4. The Bertz CT molecular complexity index is 245. The van der Waals surface area contributed by atoms with Gasteiger partial charge in [-0.15, -0.1) is 0 Å². The van der Waals surface area contributed by atoms with E-state index in [1.807, 2.05) is 0 Å². The van der Waals surface area contributed by atoms with Crippen molar-refractivity contribution in [2.45, 2.75) is 25.4 Å². The van der Waals surface area contributed by atoms with E-state index in [4.69, 9.17) is 5.11 Å². The molecule has 5 heteroatoms. The molecule has 0 aromatic carbocycles. The van der Waals surface area contributed by atoms with Crippen molar-refractivity contribution in [2.24, 2.45) is 5.92 Å². The van der Waals surface area contributed by atoms with Gasteiger partial charge in [0.25, 0.3) is 0 Å². The molecule has 2 aliphatic rings. The van der Waals surface area contributed by atoms with Gasteiger partial charge in [0.15, 0.2) is 0 Å². The van der Waals surface area contributed by atoms with Gasteiger partial charge >= 0.3 is 0 Å². The lowest BCUT2D eigenvalue weighted by Crippen LogP contribution is -2.49. The van der Waals surface area contributed by atoms with E-state index >= 15 is 0 Å². The number of aliphatic hydroxyl groups excluding tert-OH is 2. The van der Waals surface area contributed by atoms with Crippen molar-refractivity contribution in [3.05, 3.63) is 0 Å². The number of β-amino-alcohol motifs (C(OH)–C–C–N with tert-alkyl or cyclic N) is 1. The van der Waals surface area contributed by atoms with Crippen LogP contribution in [-0.2, 0) is 0 Å². The van der Waals surface area contributed by atoms with Crippen molar-refractivity contribution in [3.8, 4) is 0 Å². The van der Waals surface area contributed by atoms with E-state index in [-0.39, 0.29) is 6.10 Å². The third-order valence-corrected chi connectivity index (χ3v) is 4.29. The molecule has 0 bridgehead atoms. The Labute approximate surface area is 116 Å². The minimum Gasteiger partial charge on any atom is -0.396 e. The highest BCUT2D eigenvalue weighted by atomic mass is 16.3. The first-order valence-corrected chi connectivity index (χ1v) is 7.72. The number of nitrogens with one attached hydrogen (secondary N) is 1. The van der Waals surface area contributed by atoms with Crippen molar-refractivity contribution >= 4 is 0 Å². The molecule has 3 N–H and O–H groups in total. The number of piperazine rings is 1. The van der Waals surface area contributed by atoms with Gasteiger partial charge in [0, 0.05) is 52.4 Å². The lowest BCUT2D eigenvalue weighted by molar-refractivity contribution is 0.0506. The number of aliphatic hydroxyl groups is 2. The molecule has 112 valence electrons. The molecule has 2 unspecified atom stereocenters. The van der Waals surface area contributed by atoms with E-state index in [1.54, 1.807) is 0 Å². The monoisotopic (exact) mass is 271 g/mol. The lowest BCUT2D eigenvalue weighted by Gasteiger charge is -2.35. The fraction of sp³-hybridized carbons (Fsp3) is 1.00. The molecule has 2 aliphatic heterocycles. The minimum absolute atomic E-state index is 0.244. The van der Waals surface area contributed by atoms with Gasteiger partial charge in [-0.25, -0.2) is 0 Å². The fourth-order valence-electron chi connectivity index (χ4n) is 3.28. The Balaban J connectivity index is 1.67. The maximum Gasteiger partial charge on any atom is 0.0793 e. The first-order chi connectivity index (χ1) is 9.28. The second-order valence-corrected chi connectivity index (χ2v) is 5.98. The van der Waals surface area contributed by atoms with Gasteiger partial charge in [0.05, 0.1) is 6.10 Å². The molecule has 2 rings (SSSR count). The lowest BCUT2D eigenvalue weighted by atomic mass is 9.95. The van der Waals surface area contributed by atoms with Crippen LogP contribution in [0.1, 0.15) is 19.3 Å². The van der Waals surface area contributed by atoms with Gasteiger partial charge in [0.1, 0.15) is 0 Å². The number of likely N-dealkylation sites (tertiary alicyclic amines) is 1. The zero-order valence-electron chi connectivity index (χ0n) is 11.9. The van der Waals surface area contributed by atoms with E-state index in [9.17, 15) is 5.11 Å². The molecule has 0 aromatic rings. The third-order valence-electron chi connectivity index (χ3n) is 4.29. The maximum atomic E-state index is 10.2. The van der Waals surface area contributed by atoms with E-state index in [0.29, 0.717) is 12.5 Å². The summed E-state index contributed by atoms with van der Waals surface area (Å²) in [4.78, 5) is 4.72. The first-order valence-electron chi connectivity index (χ1n) is 7.72. The predicted octanol–water partition coefficient (Wildman–Crippen LogP) is -0.653. The molecule has 2 fully saturated rings. The summed E-state index contributed by atoms with van der Waals surface area (Å²) >= 11 is 0. The number of hydrogen-bond acceptors (Lipinski definition) is 5. The summed E-state index contributed by atoms with van der Waals surface area (Å²) in [5.41, 5.74) is 0. The Kier molecular flexibility index (Phi) is 6.53. The molecular formula is C14H29N3O2. The van der Waals surface area contributed by atoms with Crippen LogP contribution in [-0.4, -0.2) is 85.1 Å². The maximum absolute atomic E-state index is 10.2. The van der Waals surface area contributed by atoms with Gasteiger partial charge in [-0.05, 0) is 31.7 Å². The highest BCUT2D eigenvalue weighted by molar-refractivity contribution is 4.77. The SMILES string of the molecule is OCCC1CCCN(CC(O)CN2CCNCC2)C1. The zero-order valence-corrected chi connectivity index (χ0v) is 11.9. The van der Waals surface area contributed by atoms with Crippen LogP contribution >= 0.6 is 0 Å². The van der Waals surface area contributed by atoms with Gasteiger partial charge in [-0.3, -0.25) is 4.90 Å². The number of nitrogens with zero attached hydrogens (tertiary/aromatic N) is 2. The van der Waals surface area contributed by atoms with Crippen LogP contribution in [0.2, 0.25) is 0 Å². The average Bonchev–Trinajstić information content (AvgIpc) is 2.40. The number of rotatable bonds is 6. The quantitative estimate of drug-likeness (QED) is 0.599. The van der Waals surface area contributed by atoms with E-state index in [2.05, 4.69) is 15.1 Å². The van der Waals surface area contributed by atoms with Crippen LogP contribution in [0, 0.1) is 5.92 Å². The minimum atomic E-state index is -0.244. The molecule has 2 heterocycles. The van der Waals surface area contributed by atoms with E-state index in [1.165, 1.54) is 12.8 Å². The summed E-state index contributed by atoms with van der Waals surface area (Å²) in [5.74, 6) is 0.616. The molecule has 5 nitrogen and oxygen atoms in total. The Morgan fingerprint density at radius 2 is 1.84 bits per heavy atom. The largest absolute Gasteiger partial charge is 0.396 e. The Morgan fingerprint density at radius 3 is 2.58 bits per heavy atom. The van der Waals surface area contributed by atoms with Crippen LogP contribution in [0.25, 0.3) is 0 Å². The van der Waals surface area contributed by atoms with Gasteiger partial charge in [-0.2, -0.15) is 0 Å². The highest BCUT2D eigenvalue weighted by Crippen LogP contribution is 2.19. The standard InChI is InChI=1S/C14H29N3O2/c18-9-3-13-2-1-6-17(10-13)12-14(19)11-16-7-4-15-5-8-16/h13-15,18-19H,1-12H2. The molecule has 0 aliphatic carbocycles. The van der Waals surface area contributed by atoms with E-state index in [0.717, 1.165) is 58.8 Å². The Morgan fingerprint density at radius 1 is 1.11 bits per heavy atom. The van der Waals surface area contributed by atoms with Gasteiger partial charge in [0.2, 0.25) is 0 Å². The van der Waals surface area contributed by atoms with Crippen LogP contribution in [0.4, 0.5) is 0 Å². The molecular weight excluding hydrogens is 242 g/mol. The molecule has 0 aromatic heterocycles. The summed E-state index contributed by atoms with van der Waals surface area (Å²) in [6.45, 7) is 8.18. The van der Waals surface area contributed by atoms with Crippen molar-refractivity contribution in [3.63, 3.8) is 0 Å². The third kappa shape index (κ3) is 5.36. The second-order valence-electron chi connectivity index (χ2n) is 5.98. The summed E-state index contributed by atoms with van der Waals surface area (Å²) in [5, 5.41) is 22.6. The number of hydrogen-bond donors (Lipinski definition) is 3. The summed E-state index contributed by atoms with van der Waals surface area (Å²) in [6.07, 6.45) is 3.09. The Hall–Kier alpha value is -0.200. The fourth-order valence-corrected chi connectivity index (χ4v) is 3.28. The van der Waals surface area contributed by atoms with Gasteiger partial charge < -0.3 is 20.4 Å². The molecule has 2 atom stereocenters. The van der Waals surface area contributed by atoms with Crippen LogP contribution in [0.3, 0.4) is 0 Å². The smallest absolute Gasteiger partial charge is 0.0793 e. The topological polar surface area (TPSA) is 59.0 Å². The average molecular weight is 271 g/mol. The van der Waals surface area contributed by atoms with Crippen molar-refractivity contribution in [1.29, 1.82) is 0 Å². The zero-order chi connectivity index (χ0) is 13.5. The molecule has 19 heavy (non-hydrogen) atoms.